The summed E-state index contributed by atoms with van der Waals surface area (Å²) in [4.78, 5) is 11.8. The van der Waals surface area contributed by atoms with E-state index in [0.717, 1.165) is 20.2 Å². The van der Waals surface area contributed by atoms with E-state index >= 15 is 0 Å². The van der Waals surface area contributed by atoms with E-state index in [1.807, 2.05) is 0 Å². The molecule has 1 aromatic rings. The number of nitrogens with zero attached hydrogens (tertiary/aromatic N) is 1. The van der Waals surface area contributed by atoms with E-state index in [2.05, 4.69) is 4.74 Å². The maximum atomic E-state index is 13.8. The van der Waals surface area contributed by atoms with Crippen LogP contribution >= 0.6 is 0 Å². The average molecular weight is 326 g/mol. The van der Waals surface area contributed by atoms with Gasteiger partial charge in [0.15, 0.2) is 11.6 Å². The minimum absolute atomic E-state index is 0.430. The van der Waals surface area contributed by atoms with Gasteiger partial charge in [-0.25, -0.2) is 26.7 Å². The number of ether oxygens (including phenoxy) is 1. The lowest BCUT2D eigenvalue weighted by Crippen LogP contribution is -2.31. The van der Waals surface area contributed by atoms with Crippen LogP contribution in [-0.4, -0.2) is 46.4 Å². The van der Waals surface area contributed by atoms with E-state index in [4.69, 9.17) is 5.14 Å². The topological polar surface area (TPSA) is 89.7 Å². The summed E-state index contributed by atoms with van der Waals surface area (Å²) in [5.74, 6) is -2.76. The second-order valence-electron chi connectivity index (χ2n) is 4.11. The van der Waals surface area contributed by atoms with Gasteiger partial charge in [0.1, 0.15) is 4.90 Å². The Balaban J connectivity index is 3.34. The highest BCUT2D eigenvalue weighted by Gasteiger charge is 2.24. The maximum absolute atomic E-state index is 13.8. The SMILES string of the molecule is COc1c(F)cc(C(=O)N(C)CC(F)F)cc1S(N)(=O)=O. The molecule has 10 heteroatoms. The Morgan fingerprint density at radius 3 is 2.43 bits per heavy atom. The molecule has 1 aromatic carbocycles. The molecule has 0 radical (unpaired) electrons. The van der Waals surface area contributed by atoms with E-state index in [9.17, 15) is 26.4 Å². The first-order chi connectivity index (χ1) is 9.57. The predicted octanol–water partition coefficient (Wildman–Crippen LogP) is 0.819. The first kappa shape index (κ1) is 17.2. The molecule has 0 aliphatic carbocycles. The normalized spacial score (nSPS) is 11.6. The van der Waals surface area contributed by atoms with Gasteiger partial charge in [-0.05, 0) is 12.1 Å². The fourth-order valence-electron chi connectivity index (χ4n) is 1.61. The summed E-state index contributed by atoms with van der Waals surface area (Å²) in [6.45, 7) is -0.878. The quantitative estimate of drug-likeness (QED) is 0.867. The van der Waals surface area contributed by atoms with E-state index in [0.29, 0.717) is 11.0 Å². The monoisotopic (exact) mass is 326 g/mol. The second-order valence-corrected chi connectivity index (χ2v) is 5.64. The Bertz CT molecular complexity index is 649. The number of amides is 1. The van der Waals surface area contributed by atoms with Crippen molar-refractivity contribution in [2.75, 3.05) is 20.7 Å². The van der Waals surface area contributed by atoms with E-state index in [1.165, 1.54) is 0 Å². The number of halogens is 3. The standard InChI is InChI=1S/C11H13F3N2O4S/c1-16(5-9(13)14)11(17)6-3-7(12)10(20-2)8(4-6)21(15,18)19/h3-4,9H,5H2,1-2H3,(H2,15,18,19). The highest BCUT2D eigenvalue weighted by molar-refractivity contribution is 7.89. The number of alkyl halides is 2. The molecule has 0 saturated heterocycles. The molecular formula is C11H13F3N2O4S. The molecule has 2 N–H and O–H groups in total. The lowest BCUT2D eigenvalue weighted by molar-refractivity contribution is 0.0619. The molecule has 0 bridgehead atoms. The van der Waals surface area contributed by atoms with Crippen molar-refractivity contribution in [2.24, 2.45) is 5.14 Å². The molecule has 0 aromatic heterocycles. The summed E-state index contributed by atoms with van der Waals surface area (Å²) >= 11 is 0. The van der Waals surface area contributed by atoms with E-state index in [1.54, 1.807) is 0 Å². The molecule has 1 amide bonds. The van der Waals surface area contributed by atoms with Crippen LogP contribution < -0.4 is 9.88 Å². The minimum Gasteiger partial charge on any atom is -0.492 e. The Morgan fingerprint density at radius 2 is 2.00 bits per heavy atom. The van der Waals surface area contributed by atoms with Crippen molar-refractivity contribution in [3.8, 4) is 5.75 Å². The van der Waals surface area contributed by atoms with Gasteiger partial charge in [-0.3, -0.25) is 4.79 Å². The number of rotatable bonds is 5. The van der Waals surface area contributed by atoms with Gasteiger partial charge in [-0.1, -0.05) is 0 Å². The van der Waals surface area contributed by atoms with Crippen molar-refractivity contribution < 1.29 is 31.1 Å². The van der Waals surface area contributed by atoms with Crippen LogP contribution in [0.3, 0.4) is 0 Å². The van der Waals surface area contributed by atoms with Gasteiger partial charge in [-0.15, -0.1) is 0 Å². The molecule has 6 nitrogen and oxygen atoms in total. The lowest BCUT2D eigenvalue weighted by atomic mass is 10.2. The van der Waals surface area contributed by atoms with Crippen LogP contribution in [-0.2, 0) is 10.0 Å². The van der Waals surface area contributed by atoms with Crippen LogP contribution in [0.25, 0.3) is 0 Å². The number of benzene rings is 1. The maximum Gasteiger partial charge on any atom is 0.255 e. The highest BCUT2D eigenvalue weighted by atomic mass is 32.2. The number of carbonyl (C=O) groups is 1. The Morgan fingerprint density at radius 1 is 1.43 bits per heavy atom. The molecule has 0 spiro atoms. The fourth-order valence-corrected chi connectivity index (χ4v) is 2.34. The number of nitrogens with two attached hydrogens (primary N) is 1. The van der Waals surface area contributed by atoms with Crippen LogP contribution in [0.4, 0.5) is 13.2 Å². The molecule has 0 aliphatic rings. The third-order valence-electron chi connectivity index (χ3n) is 2.53. The van der Waals surface area contributed by atoms with Gasteiger partial charge < -0.3 is 9.64 Å². The molecule has 0 atom stereocenters. The molecule has 0 heterocycles. The van der Waals surface area contributed by atoms with Crippen molar-refractivity contribution in [3.05, 3.63) is 23.5 Å². The van der Waals surface area contributed by atoms with Gasteiger partial charge in [0.25, 0.3) is 12.3 Å². The largest absolute Gasteiger partial charge is 0.492 e. The first-order valence-corrected chi connectivity index (χ1v) is 7.06. The van der Waals surface area contributed by atoms with E-state index < -0.39 is 50.9 Å². The highest BCUT2D eigenvalue weighted by Crippen LogP contribution is 2.28. The number of primary sulfonamides is 1. The van der Waals surface area contributed by atoms with Crippen LogP contribution in [0, 0.1) is 5.82 Å². The third kappa shape index (κ3) is 4.08. The molecule has 21 heavy (non-hydrogen) atoms. The van der Waals surface area contributed by atoms with Crippen molar-refractivity contribution in [3.63, 3.8) is 0 Å². The third-order valence-corrected chi connectivity index (χ3v) is 3.44. The van der Waals surface area contributed by atoms with Crippen LogP contribution in [0.2, 0.25) is 0 Å². The van der Waals surface area contributed by atoms with Crippen LogP contribution in [0.15, 0.2) is 17.0 Å². The number of carbonyl (C=O) groups excluding carboxylic acids is 1. The van der Waals surface area contributed by atoms with Crippen molar-refractivity contribution in [2.45, 2.75) is 11.3 Å². The number of sulfonamides is 1. The van der Waals surface area contributed by atoms with Gasteiger partial charge in [0.05, 0.1) is 13.7 Å². The Hall–Kier alpha value is -1.81. The molecular weight excluding hydrogens is 313 g/mol. The molecule has 0 fully saturated rings. The van der Waals surface area contributed by atoms with Gasteiger partial charge in [0.2, 0.25) is 10.0 Å². The predicted molar refractivity (Wildman–Crippen MR) is 67.3 cm³/mol. The average Bonchev–Trinajstić information content (AvgIpc) is 2.34. The zero-order valence-electron chi connectivity index (χ0n) is 11.1. The molecule has 0 aliphatic heterocycles. The minimum atomic E-state index is -4.36. The zero-order chi connectivity index (χ0) is 16.4. The Kier molecular flexibility index (Phi) is 5.18. The summed E-state index contributed by atoms with van der Waals surface area (Å²) in [6, 6.07) is 1.47. The Labute approximate surface area is 119 Å². The van der Waals surface area contributed by atoms with E-state index in [-0.39, 0.29) is 0 Å². The number of hydrogen-bond acceptors (Lipinski definition) is 4. The number of hydrogen-bond donors (Lipinski definition) is 1. The second kappa shape index (κ2) is 6.31. The first-order valence-electron chi connectivity index (χ1n) is 5.52. The fraction of sp³-hybridized carbons (Fsp3) is 0.364. The smallest absolute Gasteiger partial charge is 0.255 e. The summed E-state index contributed by atoms with van der Waals surface area (Å²) in [5, 5.41) is 4.91. The lowest BCUT2D eigenvalue weighted by Gasteiger charge is -2.17. The van der Waals surface area contributed by atoms with Gasteiger partial charge in [0, 0.05) is 12.6 Å². The molecule has 1 rings (SSSR count). The summed E-state index contributed by atoms with van der Waals surface area (Å²) < 4.78 is 65.5. The molecule has 0 saturated carbocycles. The van der Waals surface area contributed by atoms with Gasteiger partial charge in [-0.2, -0.15) is 0 Å². The zero-order valence-corrected chi connectivity index (χ0v) is 12.0. The van der Waals surface area contributed by atoms with Crippen molar-refractivity contribution >= 4 is 15.9 Å². The van der Waals surface area contributed by atoms with Crippen LogP contribution in [0.5, 0.6) is 5.75 Å². The van der Waals surface area contributed by atoms with Crippen molar-refractivity contribution in [1.29, 1.82) is 0 Å². The van der Waals surface area contributed by atoms with Crippen LogP contribution in [0.1, 0.15) is 10.4 Å². The molecule has 0 unspecified atom stereocenters. The summed E-state index contributed by atoms with van der Waals surface area (Å²) in [6.07, 6.45) is -2.78. The number of methoxy groups -OCH3 is 1. The summed E-state index contributed by atoms with van der Waals surface area (Å²) in [7, 11) is -2.25. The molecule has 118 valence electrons. The van der Waals surface area contributed by atoms with Crippen molar-refractivity contribution in [1.82, 2.24) is 4.90 Å². The summed E-state index contributed by atoms with van der Waals surface area (Å²) in [5.41, 5.74) is -0.430. The van der Waals surface area contributed by atoms with Gasteiger partial charge >= 0.3 is 0 Å².